The molecule has 1 aromatic carbocycles. The first-order valence-electron chi connectivity index (χ1n) is 3.96. The SMILES string of the molecule is FC(F)(F)C/C=C/c1cccc(Cl)c1. The van der Waals surface area contributed by atoms with E-state index in [-0.39, 0.29) is 0 Å². The Hall–Kier alpha value is -0.960. The van der Waals surface area contributed by atoms with Gasteiger partial charge in [-0.2, -0.15) is 13.2 Å². The van der Waals surface area contributed by atoms with Gasteiger partial charge in [0.2, 0.25) is 0 Å². The first-order chi connectivity index (χ1) is 6.47. The molecule has 14 heavy (non-hydrogen) atoms. The highest BCUT2D eigenvalue weighted by Gasteiger charge is 2.24. The number of alkyl halides is 3. The van der Waals surface area contributed by atoms with Gasteiger partial charge in [-0.3, -0.25) is 0 Å². The fraction of sp³-hybridized carbons (Fsp3) is 0.200. The van der Waals surface area contributed by atoms with Crippen LogP contribution in [0.5, 0.6) is 0 Å². The first-order valence-corrected chi connectivity index (χ1v) is 4.34. The molecule has 0 aliphatic carbocycles. The highest BCUT2D eigenvalue weighted by Crippen LogP contribution is 2.20. The zero-order chi connectivity index (χ0) is 10.6. The molecule has 0 nitrogen and oxygen atoms in total. The number of allylic oxidation sites excluding steroid dienone is 1. The molecule has 0 aromatic heterocycles. The monoisotopic (exact) mass is 220 g/mol. The van der Waals surface area contributed by atoms with Gasteiger partial charge >= 0.3 is 6.18 Å². The third-order valence-electron chi connectivity index (χ3n) is 1.51. The fourth-order valence-corrected chi connectivity index (χ4v) is 1.14. The summed E-state index contributed by atoms with van der Waals surface area (Å²) in [6.07, 6.45) is -2.58. The topological polar surface area (TPSA) is 0 Å². The molecule has 1 aromatic rings. The summed E-state index contributed by atoms with van der Waals surface area (Å²) < 4.78 is 35.3. The molecule has 0 saturated carbocycles. The van der Waals surface area contributed by atoms with E-state index in [9.17, 15) is 13.2 Å². The molecule has 4 heteroatoms. The molecule has 0 heterocycles. The Morgan fingerprint density at radius 1 is 1.29 bits per heavy atom. The molecule has 1 rings (SSSR count). The highest BCUT2D eigenvalue weighted by molar-refractivity contribution is 6.30. The second-order valence-corrected chi connectivity index (χ2v) is 3.21. The van der Waals surface area contributed by atoms with Crippen molar-refractivity contribution in [2.45, 2.75) is 12.6 Å². The van der Waals surface area contributed by atoms with Gasteiger partial charge in [0.05, 0.1) is 6.42 Å². The predicted octanol–water partition coefficient (Wildman–Crippen LogP) is 4.31. The molecular formula is C10H8ClF3. The number of benzene rings is 1. The number of halogens is 4. The molecule has 0 amide bonds. The van der Waals surface area contributed by atoms with Gasteiger partial charge in [0, 0.05) is 5.02 Å². The second-order valence-electron chi connectivity index (χ2n) is 2.78. The molecule has 0 N–H and O–H groups in total. The van der Waals surface area contributed by atoms with Crippen LogP contribution in [-0.4, -0.2) is 6.18 Å². The molecular weight excluding hydrogens is 213 g/mol. The molecule has 76 valence electrons. The maximum absolute atomic E-state index is 11.8. The minimum absolute atomic E-state index is 0.513. The van der Waals surface area contributed by atoms with Crippen molar-refractivity contribution in [3.63, 3.8) is 0 Å². The molecule has 0 atom stereocenters. The van der Waals surface area contributed by atoms with Gasteiger partial charge in [-0.25, -0.2) is 0 Å². The fourth-order valence-electron chi connectivity index (χ4n) is 0.939. The van der Waals surface area contributed by atoms with Gasteiger partial charge in [0.25, 0.3) is 0 Å². The lowest BCUT2D eigenvalue weighted by Crippen LogP contribution is -2.03. The molecule has 0 saturated heterocycles. The standard InChI is InChI=1S/C10H8ClF3/c11-9-5-1-3-8(7-9)4-2-6-10(12,13)14/h1-5,7H,6H2/b4-2+. The minimum Gasteiger partial charge on any atom is -0.171 e. The van der Waals surface area contributed by atoms with E-state index in [1.807, 2.05) is 0 Å². The normalized spacial score (nSPS) is 12.3. The van der Waals surface area contributed by atoms with Crippen LogP contribution in [0.4, 0.5) is 13.2 Å². The summed E-state index contributed by atoms with van der Waals surface area (Å²) in [5, 5.41) is 0.513. The lowest BCUT2D eigenvalue weighted by atomic mass is 10.2. The van der Waals surface area contributed by atoms with E-state index in [1.165, 1.54) is 6.08 Å². The van der Waals surface area contributed by atoms with Crippen molar-refractivity contribution in [1.82, 2.24) is 0 Å². The van der Waals surface area contributed by atoms with E-state index in [1.54, 1.807) is 24.3 Å². The van der Waals surface area contributed by atoms with Crippen molar-refractivity contribution in [2.75, 3.05) is 0 Å². The maximum Gasteiger partial charge on any atom is 0.392 e. The van der Waals surface area contributed by atoms with Crippen molar-refractivity contribution in [3.8, 4) is 0 Å². The zero-order valence-electron chi connectivity index (χ0n) is 7.18. The third kappa shape index (κ3) is 4.33. The predicted molar refractivity (Wildman–Crippen MR) is 51.2 cm³/mol. The van der Waals surface area contributed by atoms with Gasteiger partial charge in [0.15, 0.2) is 0 Å². The summed E-state index contributed by atoms with van der Waals surface area (Å²) in [4.78, 5) is 0. The lowest BCUT2D eigenvalue weighted by molar-refractivity contribution is -0.124. The van der Waals surface area contributed by atoms with Crippen LogP contribution in [0, 0.1) is 0 Å². The van der Waals surface area contributed by atoms with Crippen LogP contribution in [0.15, 0.2) is 30.3 Å². The molecule has 0 aliphatic heterocycles. The second kappa shape index (κ2) is 4.51. The van der Waals surface area contributed by atoms with E-state index in [4.69, 9.17) is 11.6 Å². The quantitative estimate of drug-likeness (QED) is 0.697. The van der Waals surface area contributed by atoms with Crippen LogP contribution < -0.4 is 0 Å². The van der Waals surface area contributed by atoms with Gasteiger partial charge in [-0.05, 0) is 17.7 Å². The van der Waals surface area contributed by atoms with Crippen LogP contribution in [0.3, 0.4) is 0 Å². The van der Waals surface area contributed by atoms with Gasteiger partial charge < -0.3 is 0 Å². The summed E-state index contributed by atoms with van der Waals surface area (Å²) in [5.74, 6) is 0. The Kier molecular flexibility index (Phi) is 3.58. The molecule has 0 aliphatic rings. The number of rotatable bonds is 2. The van der Waals surface area contributed by atoms with E-state index >= 15 is 0 Å². The Morgan fingerprint density at radius 2 is 2.00 bits per heavy atom. The molecule has 0 unspecified atom stereocenters. The van der Waals surface area contributed by atoms with Gasteiger partial charge in [0.1, 0.15) is 0 Å². The van der Waals surface area contributed by atoms with E-state index in [2.05, 4.69) is 0 Å². The average Bonchev–Trinajstić information content (AvgIpc) is 2.01. The van der Waals surface area contributed by atoms with Crippen molar-refractivity contribution in [1.29, 1.82) is 0 Å². The lowest BCUT2D eigenvalue weighted by Gasteiger charge is -2.00. The number of hydrogen-bond acceptors (Lipinski definition) is 0. The van der Waals surface area contributed by atoms with Gasteiger partial charge in [-0.15, -0.1) is 0 Å². The molecule has 0 fully saturated rings. The zero-order valence-corrected chi connectivity index (χ0v) is 7.94. The van der Waals surface area contributed by atoms with Crippen LogP contribution in [0.25, 0.3) is 6.08 Å². The third-order valence-corrected chi connectivity index (χ3v) is 1.74. The first kappa shape index (κ1) is 11.1. The smallest absolute Gasteiger partial charge is 0.171 e. The Morgan fingerprint density at radius 3 is 2.57 bits per heavy atom. The summed E-state index contributed by atoms with van der Waals surface area (Å²) in [5.41, 5.74) is 0.668. The van der Waals surface area contributed by atoms with Crippen molar-refractivity contribution in [2.24, 2.45) is 0 Å². The van der Waals surface area contributed by atoms with Crippen molar-refractivity contribution < 1.29 is 13.2 Å². The molecule has 0 bridgehead atoms. The van der Waals surface area contributed by atoms with Crippen molar-refractivity contribution >= 4 is 17.7 Å². The summed E-state index contributed by atoms with van der Waals surface area (Å²) >= 11 is 5.66. The average molecular weight is 221 g/mol. The summed E-state index contributed by atoms with van der Waals surface area (Å²) in [6.45, 7) is 0. The summed E-state index contributed by atoms with van der Waals surface area (Å²) in [7, 11) is 0. The Balaban J connectivity index is 2.61. The van der Waals surface area contributed by atoms with E-state index in [0.29, 0.717) is 10.6 Å². The van der Waals surface area contributed by atoms with Gasteiger partial charge in [-0.1, -0.05) is 35.9 Å². The van der Waals surface area contributed by atoms with E-state index < -0.39 is 12.6 Å². The maximum atomic E-state index is 11.8. The summed E-state index contributed by atoms with van der Waals surface area (Å²) in [6, 6.07) is 6.66. The Bertz CT molecular complexity index is 328. The largest absolute Gasteiger partial charge is 0.392 e. The number of hydrogen-bond donors (Lipinski definition) is 0. The molecule has 0 spiro atoms. The molecule has 0 radical (unpaired) electrons. The van der Waals surface area contributed by atoms with E-state index in [0.717, 1.165) is 6.08 Å². The highest BCUT2D eigenvalue weighted by atomic mass is 35.5. The van der Waals surface area contributed by atoms with Crippen molar-refractivity contribution in [3.05, 3.63) is 40.9 Å². The van der Waals surface area contributed by atoms with Crippen LogP contribution in [-0.2, 0) is 0 Å². The van der Waals surface area contributed by atoms with Crippen LogP contribution in [0.2, 0.25) is 5.02 Å². The van der Waals surface area contributed by atoms with Crippen LogP contribution >= 0.6 is 11.6 Å². The minimum atomic E-state index is -4.14. The Labute approximate surface area is 85.0 Å². The van der Waals surface area contributed by atoms with Crippen LogP contribution in [0.1, 0.15) is 12.0 Å².